The van der Waals surface area contributed by atoms with Gasteiger partial charge < -0.3 is 5.73 Å². The monoisotopic (exact) mass is 245 g/mol. The Morgan fingerprint density at radius 3 is 1.53 bits per heavy atom. The molecule has 1 nitrogen and oxygen atoms in total. The minimum absolute atomic E-state index is 0.204. The molecule has 0 fully saturated rings. The molecule has 2 N–H and O–H groups in total. The summed E-state index contributed by atoms with van der Waals surface area (Å²) in [6, 6.07) is 0. The zero-order chi connectivity index (χ0) is 12.3. The second-order valence-corrected chi connectivity index (χ2v) is 18.2. The Morgan fingerprint density at radius 1 is 0.867 bits per heavy atom. The standard InChI is InChI=1S/C12H31NSi2/c1-8-9-10-11-12(13,14(2,3)4)15(5,6)7/h8-11,13H2,1-7H3. The molecule has 0 saturated carbocycles. The van der Waals surface area contributed by atoms with E-state index in [1.54, 1.807) is 0 Å². The molecule has 0 atom stereocenters. The lowest BCUT2D eigenvalue weighted by Crippen LogP contribution is -2.72. The first-order chi connectivity index (χ1) is 6.56. The normalized spacial score (nSPS) is 14.4. The van der Waals surface area contributed by atoms with E-state index in [9.17, 15) is 0 Å². The van der Waals surface area contributed by atoms with Crippen molar-refractivity contribution in [2.75, 3.05) is 0 Å². The number of hydrogen-bond donors (Lipinski definition) is 1. The van der Waals surface area contributed by atoms with Crippen LogP contribution in [0.2, 0.25) is 39.3 Å². The van der Waals surface area contributed by atoms with Crippen LogP contribution in [0.15, 0.2) is 0 Å². The van der Waals surface area contributed by atoms with Crippen LogP contribution in [0, 0.1) is 0 Å². The van der Waals surface area contributed by atoms with Gasteiger partial charge in [0.25, 0.3) is 0 Å². The van der Waals surface area contributed by atoms with E-state index >= 15 is 0 Å². The maximum atomic E-state index is 6.82. The van der Waals surface area contributed by atoms with Crippen LogP contribution < -0.4 is 5.73 Å². The van der Waals surface area contributed by atoms with Gasteiger partial charge in [-0.25, -0.2) is 0 Å². The van der Waals surface area contributed by atoms with E-state index in [1.165, 1.54) is 25.7 Å². The predicted octanol–water partition coefficient (Wildman–Crippen LogP) is 4.02. The van der Waals surface area contributed by atoms with E-state index in [0.717, 1.165) is 0 Å². The van der Waals surface area contributed by atoms with Crippen molar-refractivity contribution in [2.45, 2.75) is 76.7 Å². The lowest BCUT2D eigenvalue weighted by molar-refractivity contribution is 0.589. The number of unbranched alkanes of at least 4 members (excludes halogenated alkanes) is 2. The van der Waals surface area contributed by atoms with Crippen LogP contribution in [0.25, 0.3) is 0 Å². The minimum Gasteiger partial charge on any atom is -0.330 e. The van der Waals surface area contributed by atoms with E-state index in [-0.39, 0.29) is 4.79 Å². The summed E-state index contributed by atoms with van der Waals surface area (Å²) in [6.45, 7) is 16.9. The molecule has 0 rings (SSSR count). The molecular weight excluding hydrogens is 214 g/mol. The molecule has 0 aromatic rings. The van der Waals surface area contributed by atoms with Crippen molar-refractivity contribution in [3.63, 3.8) is 0 Å². The highest BCUT2D eigenvalue weighted by Crippen LogP contribution is 2.33. The summed E-state index contributed by atoms with van der Waals surface area (Å²) in [6.07, 6.45) is 5.22. The van der Waals surface area contributed by atoms with Crippen molar-refractivity contribution in [1.82, 2.24) is 0 Å². The Hall–Kier alpha value is 0.394. The van der Waals surface area contributed by atoms with Crippen LogP contribution in [0.1, 0.15) is 32.6 Å². The molecule has 0 bridgehead atoms. The van der Waals surface area contributed by atoms with Gasteiger partial charge in [-0.15, -0.1) is 0 Å². The van der Waals surface area contributed by atoms with E-state index in [0.29, 0.717) is 0 Å². The van der Waals surface area contributed by atoms with E-state index in [4.69, 9.17) is 5.73 Å². The topological polar surface area (TPSA) is 26.0 Å². The fourth-order valence-electron chi connectivity index (χ4n) is 2.53. The predicted molar refractivity (Wildman–Crippen MR) is 77.8 cm³/mol. The van der Waals surface area contributed by atoms with E-state index in [2.05, 4.69) is 46.2 Å². The van der Waals surface area contributed by atoms with Crippen LogP contribution in [-0.2, 0) is 0 Å². The maximum absolute atomic E-state index is 6.82. The smallest absolute Gasteiger partial charge is 0.0634 e. The van der Waals surface area contributed by atoms with Gasteiger partial charge in [-0.3, -0.25) is 0 Å². The van der Waals surface area contributed by atoms with E-state index in [1.807, 2.05) is 0 Å². The average molecular weight is 246 g/mol. The highest BCUT2D eigenvalue weighted by Gasteiger charge is 2.48. The van der Waals surface area contributed by atoms with Gasteiger partial charge in [0.1, 0.15) is 0 Å². The summed E-state index contributed by atoms with van der Waals surface area (Å²) < 4.78 is 0. The Kier molecular flexibility index (Phi) is 5.28. The lowest BCUT2D eigenvalue weighted by Gasteiger charge is -2.49. The highest BCUT2D eigenvalue weighted by atomic mass is 28.4. The highest BCUT2D eigenvalue weighted by molar-refractivity contribution is 6.98. The van der Waals surface area contributed by atoms with Gasteiger partial charge in [-0.05, 0) is 6.42 Å². The van der Waals surface area contributed by atoms with E-state index < -0.39 is 16.1 Å². The molecule has 0 amide bonds. The van der Waals surface area contributed by atoms with Crippen molar-refractivity contribution in [1.29, 1.82) is 0 Å². The van der Waals surface area contributed by atoms with Crippen LogP contribution in [0.5, 0.6) is 0 Å². The van der Waals surface area contributed by atoms with Crippen LogP contribution in [0.4, 0.5) is 0 Å². The third-order valence-corrected chi connectivity index (χ3v) is 14.2. The Bertz CT molecular complexity index is 175. The average Bonchev–Trinajstić information content (AvgIpc) is 2.00. The minimum atomic E-state index is -1.26. The van der Waals surface area contributed by atoms with Crippen molar-refractivity contribution in [2.24, 2.45) is 5.73 Å². The van der Waals surface area contributed by atoms with Crippen molar-refractivity contribution < 1.29 is 0 Å². The zero-order valence-corrected chi connectivity index (χ0v) is 13.9. The third kappa shape index (κ3) is 3.72. The first-order valence-electron chi connectivity index (χ1n) is 6.35. The second-order valence-electron chi connectivity index (χ2n) is 6.93. The first-order valence-corrected chi connectivity index (χ1v) is 13.3. The molecule has 0 aliphatic rings. The summed E-state index contributed by atoms with van der Waals surface area (Å²) >= 11 is 0. The second kappa shape index (κ2) is 5.15. The third-order valence-electron chi connectivity index (χ3n) is 3.85. The Labute approximate surface area is 98.9 Å². The van der Waals surface area contributed by atoms with Gasteiger partial charge in [0.2, 0.25) is 0 Å². The molecule has 0 aliphatic carbocycles. The Balaban J connectivity index is 4.74. The summed E-state index contributed by atoms with van der Waals surface area (Å²) in [5.74, 6) is 0. The van der Waals surface area contributed by atoms with Gasteiger partial charge in [0.05, 0.1) is 16.1 Å². The van der Waals surface area contributed by atoms with Crippen molar-refractivity contribution in [3.05, 3.63) is 0 Å². The molecule has 0 aromatic carbocycles. The zero-order valence-electron chi connectivity index (χ0n) is 11.9. The molecular formula is C12H31NSi2. The molecule has 0 unspecified atom stereocenters. The summed E-state index contributed by atoms with van der Waals surface area (Å²) in [4.78, 5) is 0.204. The van der Waals surface area contributed by atoms with Gasteiger partial charge >= 0.3 is 0 Å². The summed E-state index contributed by atoms with van der Waals surface area (Å²) in [7, 11) is -2.51. The molecule has 3 heteroatoms. The van der Waals surface area contributed by atoms with Gasteiger partial charge in [-0.2, -0.15) is 0 Å². The first kappa shape index (κ1) is 15.4. The molecule has 15 heavy (non-hydrogen) atoms. The lowest BCUT2D eigenvalue weighted by atomic mass is 10.2. The number of hydrogen-bond acceptors (Lipinski definition) is 1. The summed E-state index contributed by atoms with van der Waals surface area (Å²) in [5.41, 5.74) is 6.82. The fourth-order valence-corrected chi connectivity index (χ4v) is 13.4. The quantitative estimate of drug-likeness (QED) is 0.555. The molecule has 0 spiro atoms. The fraction of sp³-hybridized carbons (Fsp3) is 1.00. The van der Waals surface area contributed by atoms with Gasteiger partial charge in [0, 0.05) is 4.79 Å². The van der Waals surface area contributed by atoms with Gasteiger partial charge in [0.15, 0.2) is 0 Å². The molecule has 92 valence electrons. The number of rotatable bonds is 6. The largest absolute Gasteiger partial charge is 0.330 e. The molecule has 0 heterocycles. The molecule has 0 aromatic heterocycles. The van der Waals surface area contributed by atoms with Crippen molar-refractivity contribution in [3.8, 4) is 0 Å². The van der Waals surface area contributed by atoms with Gasteiger partial charge in [-0.1, -0.05) is 65.5 Å². The maximum Gasteiger partial charge on any atom is 0.0634 e. The van der Waals surface area contributed by atoms with Crippen LogP contribution >= 0.6 is 0 Å². The van der Waals surface area contributed by atoms with Crippen LogP contribution in [-0.4, -0.2) is 20.9 Å². The van der Waals surface area contributed by atoms with Crippen LogP contribution in [0.3, 0.4) is 0 Å². The molecule has 0 radical (unpaired) electrons. The molecule has 0 saturated heterocycles. The number of nitrogens with two attached hydrogens (primary N) is 1. The SMILES string of the molecule is CCCCCC(N)([Si](C)(C)C)[Si](C)(C)C. The Morgan fingerprint density at radius 2 is 1.27 bits per heavy atom. The molecule has 0 aliphatic heterocycles. The summed E-state index contributed by atoms with van der Waals surface area (Å²) in [5, 5.41) is 0. The van der Waals surface area contributed by atoms with Crippen molar-refractivity contribution >= 4 is 16.1 Å².